The molecule has 0 radical (unpaired) electrons. The predicted octanol–water partition coefficient (Wildman–Crippen LogP) is 4.82. The van der Waals surface area contributed by atoms with E-state index in [1.807, 2.05) is 38.1 Å². The molecule has 0 aliphatic rings. The third kappa shape index (κ3) is 5.81. The van der Waals surface area contributed by atoms with Gasteiger partial charge in [0.15, 0.2) is 6.61 Å². The van der Waals surface area contributed by atoms with Gasteiger partial charge in [0.2, 0.25) is 0 Å². The first-order valence-electron chi connectivity index (χ1n) is 8.19. The molecule has 5 nitrogen and oxygen atoms in total. The topological polar surface area (TPSA) is 70.4 Å². The number of carbonyl (C=O) groups is 2. The van der Waals surface area contributed by atoms with Gasteiger partial charge in [-0.2, -0.15) is 5.26 Å². The Labute approximate surface area is 171 Å². The summed E-state index contributed by atoms with van der Waals surface area (Å²) in [4.78, 5) is 26.4. The molecule has 0 atom stereocenters. The number of halogens is 2. The van der Waals surface area contributed by atoms with Gasteiger partial charge in [0.25, 0.3) is 5.91 Å². The second-order valence-corrected chi connectivity index (χ2v) is 7.32. The average molecular weight is 450 g/mol. The Balaban J connectivity index is 2.15. The SMILES string of the molecule is Cc1cc(C)cc(N(CCC#N)C(=O)COC(=O)c2cc(Br)ccc2Cl)c1. The van der Waals surface area contributed by atoms with Gasteiger partial charge in [0, 0.05) is 16.7 Å². The monoisotopic (exact) mass is 448 g/mol. The van der Waals surface area contributed by atoms with E-state index >= 15 is 0 Å². The fourth-order valence-electron chi connectivity index (χ4n) is 2.60. The van der Waals surface area contributed by atoms with Crippen LogP contribution < -0.4 is 4.90 Å². The molecule has 140 valence electrons. The Hall–Kier alpha value is -2.36. The van der Waals surface area contributed by atoms with Crippen molar-refractivity contribution in [2.24, 2.45) is 0 Å². The predicted molar refractivity (Wildman–Crippen MR) is 108 cm³/mol. The first-order chi connectivity index (χ1) is 12.8. The van der Waals surface area contributed by atoms with Gasteiger partial charge >= 0.3 is 5.97 Å². The maximum atomic E-state index is 12.7. The molecule has 27 heavy (non-hydrogen) atoms. The first-order valence-corrected chi connectivity index (χ1v) is 9.36. The second-order valence-electron chi connectivity index (χ2n) is 6.00. The van der Waals surface area contributed by atoms with E-state index in [-0.39, 0.29) is 23.6 Å². The van der Waals surface area contributed by atoms with Gasteiger partial charge in [-0.15, -0.1) is 0 Å². The lowest BCUT2D eigenvalue weighted by atomic mass is 10.1. The molecular formula is C20H18BrClN2O3. The van der Waals surface area contributed by atoms with Crippen LogP contribution in [0, 0.1) is 25.2 Å². The van der Waals surface area contributed by atoms with Crippen molar-refractivity contribution < 1.29 is 14.3 Å². The summed E-state index contributed by atoms with van der Waals surface area (Å²) in [6, 6.07) is 12.5. The Morgan fingerprint density at radius 2 is 1.85 bits per heavy atom. The number of hydrogen-bond acceptors (Lipinski definition) is 4. The van der Waals surface area contributed by atoms with Crippen LogP contribution in [0.1, 0.15) is 27.9 Å². The first kappa shape index (κ1) is 20.9. The van der Waals surface area contributed by atoms with E-state index in [1.165, 1.54) is 11.0 Å². The molecule has 0 unspecified atom stereocenters. The fourth-order valence-corrected chi connectivity index (χ4v) is 3.16. The second kappa shape index (κ2) is 9.54. The molecule has 2 rings (SSSR count). The van der Waals surface area contributed by atoms with Crippen molar-refractivity contribution in [2.75, 3.05) is 18.1 Å². The molecule has 0 aliphatic heterocycles. The highest BCUT2D eigenvalue weighted by atomic mass is 79.9. The van der Waals surface area contributed by atoms with Crippen LogP contribution in [0.4, 0.5) is 5.69 Å². The molecule has 0 fully saturated rings. The number of carbonyl (C=O) groups excluding carboxylic acids is 2. The van der Waals surface area contributed by atoms with E-state index < -0.39 is 18.5 Å². The summed E-state index contributed by atoms with van der Waals surface area (Å²) in [6.45, 7) is 3.63. The van der Waals surface area contributed by atoms with Crippen LogP contribution in [0.25, 0.3) is 0 Å². The third-order valence-electron chi connectivity index (χ3n) is 3.74. The minimum Gasteiger partial charge on any atom is -0.452 e. The van der Waals surface area contributed by atoms with Gasteiger partial charge in [0.1, 0.15) is 0 Å². The van der Waals surface area contributed by atoms with Gasteiger partial charge in [-0.25, -0.2) is 4.79 Å². The van der Waals surface area contributed by atoms with E-state index in [9.17, 15) is 9.59 Å². The van der Waals surface area contributed by atoms with Crippen LogP contribution in [0.5, 0.6) is 0 Å². The zero-order chi connectivity index (χ0) is 20.0. The Bertz CT molecular complexity index is 888. The van der Waals surface area contributed by atoms with E-state index in [4.69, 9.17) is 21.6 Å². The van der Waals surface area contributed by atoms with Gasteiger partial charge < -0.3 is 9.64 Å². The normalized spacial score (nSPS) is 10.2. The number of ether oxygens (including phenoxy) is 1. The molecule has 2 aromatic rings. The van der Waals surface area contributed by atoms with E-state index in [0.717, 1.165) is 11.1 Å². The summed E-state index contributed by atoms with van der Waals surface area (Å²) in [5, 5.41) is 9.13. The van der Waals surface area contributed by atoms with Crippen molar-refractivity contribution >= 4 is 45.1 Å². The number of hydrogen-bond donors (Lipinski definition) is 0. The number of aryl methyl sites for hydroxylation is 2. The highest BCUT2D eigenvalue weighted by Crippen LogP contribution is 2.22. The number of esters is 1. The molecule has 7 heteroatoms. The molecule has 0 heterocycles. The average Bonchev–Trinajstić information content (AvgIpc) is 2.61. The molecule has 0 spiro atoms. The molecule has 0 aromatic heterocycles. The summed E-state index contributed by atoms with van der Waals surface area (Å²) in [7, 11) is 0. The standard InChI is InChI=1S/C20H18BrClN2O3/c1-13-8-14(2)10-16(9-13)24(7-3-6-23)19(25)12-27-20(26)17-11-15(21)4-5-18(17)22/h4-5,8-11H,3,7,12H2,1-2H3. The van der Waals surface area contributed by atoms with Crippen molar-refractivity contribution in [3.8, 4) is 6.07 Å². The van der Waals surface area contributed by atoms with Gasteiger partial charge in [0.05, 0.1) is 23.1 Å². The maximum absolute atomic E-state index is 12.7. The number of rotatable bonds is 6. The van der Waals surface area contributed by atoms with Crippen molar-refractivity contribution in [1.29, 1.82) is 5.26 Å². The smallest absolute Gasteiger partial charge is 0.340 e. The van der Waals surface area contributed by atoms with Gasteiger partial charge in [-0.3, -0.25) is 4.79 Å². The maximum Gasteiger partial charge on any atom is 0.340 e. The van der Waals surface area contributed by atoms with E-state index in [0.29, 0.717) is 10.2 Å². The van der Waals surface area contributed by atoms with Crippen molar-refractivity contribution in [3.63, 3.8) is 0 Å². The lowest BCUT2D eigenvalue weighted by Crippen LogP contribution is -2.35. The van der Waals surface area contributed by atoms with Crippen LogP contribution in [0.15, 0.2) is 40.9 Å². The summed E-state index contributed by atoms with van der Waals surface area (Å²) in [5.41, 5.74) is 2.84. The molecule has 2 aromatic carbocycles. The Morgan fingerprint density at radius 1 is 1.19 bits per heavy atom. The lowest BCUT2D eigenvalue weighted by Gasteiger charge is -2.22. The minimum absolute atomic E-state index is 0.171. The summed E-state index contributed by atoms with van der Waals surface area (Å²) >= 11 is 9.28. The number of nitrogens with zero attached hydrogens (tertiary/aromatic N) is 2. The van der Waals surface area contributed by atoms with E-state index in [2.05, 4.69) is 15.9 Å². The fraction of sp³-hybridized carbons (Fsp3) is 0.250. The third-order valence-corrected chi connectivity index (χ3v) is 4.56. The number of nitriles is 1. The van der Waals surface area contributed by atoms with Crippen LogP contribution in [-0.4, -0.2) is 25.0 Å². The molecular weight excluding hydrogens is 432 g/mol. The molecule has 0 aliphatic carbocycles. The van der Waals surface area contributed by atoms with Gasteiger partial charge in [-0.05, 0) is 55.3 Å². The van der Waals surface area contributed by atoms with Gasteiger partial charge in [-0.1, -0.05) is 33.6 Å². The summed E-state index contributed by atoms with van der Waals surface area (Å²) in [5.74, 6) is -1.09. The molecule has 1 amide bonds. The molecule has 0 saturated carbocycles. The number of amides is 1. The van der Waals surface area contributed by atoms with Crippen molar-refractivity contribution in [3.05, 3.63) is 62.6 Å². The lowest BCUT2D eigenvalue weighted by molar-refractivity contribution is -0.121. The number of benzene rings is 2. The van der Waals surface area contributed by atoms with Crippen LogP contribution in [0.3, 0.4) is 0 Å². The van der Waals surface area contributed by atoms with Crippen LogP contribution >= 0.6 is 27.5 Å². The van der Waals surface area contributed by atoms with Crippen LogP contribution in [-0.2, 0) is 9.53 Å². The quantitative estimate of drug-likeness (QED) is 0.593. The Morgan fingerprint density at radius 3 is 2.48 bits per heavy atom. The van der Waals surface area contributed by atoms with Crippen molar-refractivity contribution in [1.82, 2.24) is 0 Å². The number of anilines is 1. The molecule has 0 bridgehead atoms. The van der Waals surface area contributed by atoms with Crippen LogP contribution in [0.2, 0.25) is 5.02 Å². The summed E-state index contributed by atoms with van der Waals surface area (Å²) < 4.78 is 5.83. The minimum atomic E-state index is -0.685. The van der Waals surface area contributed by atoms with Crippen molar-refractivity contribution in [2.45, 2.75) is 20.3 Å². The largest absolute Gasteiger partial charge is 0.452 e. The zero-order valence-electron chi connectivity index (χ0n) is 15.0. The Kier molecular flexibility index (Phi) is 7.40. The zero-order valence-corrected chi connectivity index (χ0v) is 17.3. The highest BCUT2D eigenvalue weighted by Gasteiger charge is 2.20. The summed E-state index contributed by atoms with van der Waals surface area (Å²) in [6.07, 6.45) is 0.171. The molecule has 0 N–H and O–H groups in total. The highest BCUT2D eigenvalue weighted by molar-refractivity contribution is 9.10. The molecule has 0 saturated heterocycles. The van der Waals surface area contributed by atoms with E-state index in [1.54, 1.807) is 12.1 Å².